The number of methoxy groups -OCH3 is 1. The van der Waals surface area contributed by atoms with E-state index in [1.165, 1.54) is 11.3 Å². The topological polar surface area (TPSA) is 76.8 Å². The lowest BCUT2D eigenvalue weighted by Gasteiger charge is -2.29. The lowest BCUT2D eigenvalue weighted by atomic mass is 9.87. The largest absolute Gasteiger partial charge is 0.466 e. The third-order valence-electron chi connectivity index (χ3n) is 5.86. The first-order valence-electron chi connectivity index (χ1n) is 10.1. The van der Waals surface area contributed by atoms with Crippen molar-refractivity contribution in [3.8, 4) is 0 Å². The van der Waals surface area contributed by atoms with Crippen molar-refractivity contribution in [3.63, 3.8) is 0 Å². The predicted octanol–water partition coefficient (Wildman–Crippen LogP) is 2.39. The van der Waals surface area contributed by atoms with Gasteiger partial charge in [-0.1, -0.05) is 6.07 Å². The van der Waals surface area contributed by atoms with Gasteiger partial charge in [0.15, 0.2) is 0 Å². The molecule has 0 aliphatic carbocycles. The summed E-state index contributed by atoms with van der Waals surface area (Å²) in [6.45, 7) is 6.82. The highest BCUT2D eigenvalue weighted by molar-refractivity contribution is 5.72. The molecule has 3 atom stereocenters. The quantitative estimate of drug-likeness (QED) is 0.587. The number of carbonyl (C=O) groups excluding carboxylic acids is 1. The van der Waals surface area contributed by atoms with E-state index in [1.54, 1.807) is 7.11 Å². The maximum atomic E-state index is 12.2. The van der Waals surface area contributed by atoms with Crippen LogP contribution in [0.2, 0.25) is 0 Å². The van der Waals surface area contributed by atoms with Gasteiger partial charge in [-0.05, 0) is 43.9 Å². The third-order valence-corrected chi connectivity index (χ3v) is 5.86. The molecule has 3 N–H and O–H groups in total. The SMILES string of the molecule is CCOC(=O)C1CCCN(c2cc(N)ccc2[C@H]2CNC[C@@H]2COC)CC1. The van der Waals surface area contributed by atoms with Gasteiger partial charge in [0.25, 0.3) is 0 Å². The Hall–Kier alpha value is -1.79. The Morgan fingerprint density at radius 1 is 1.30 bits per heavy atom. The molecule has 6 nitrogen and oxygen atoms in total. The average Bonchev–Trinajstić information content (AvgIpc) is 2.97. The summed E-state index contributed by atoms with van der Waals surface area (Å²) in [5.41, 5.74) is 9.48. The van der Waals surface area contributed by atoms with E-state index < -0.39 is 0 Å². The van der Waals surface area contributed by atoms with Crippen LogP contribution in [0.4, 0.5) is 11.4 Å². The van der Waals surface area contributed by atoms with Crippen LogP contribution in [0, 0.1) is 11.8 Å². The number of anilines is 2. The summed E-state index contributed by atoms with van der Waals surface area (Å²) < 4.78 is 10.7. The molecule has 27 heavy (non-hydrogen) atoms. The molecule has 2 heterocycles. The number of hydrogen-bond acceptors (Lipinski definition) is 6. The standard InChI is InChI=1S/C21H33N3O3/c1-3-27-21(25)15-5-4-9-24(10-8-15)20-11-17(22)6-7-18(20)19-13-23-12-16(19)14-26-2/h6-7,11,15-16,19,23H,3-5,8-10,12-14,22H2,1-2H3/t15?,16-,19+/m1/s1. The second kappa shape index (κ2) is 9.42. The van der Waals surface area contributed by atoms with E-state index in [0.717, 1.165) is 57.7 Å². The van der Waals surface area contributed by atoms with Gasteiger partial charge in [0.05, 0.1) is 19.1 Å². The van der Waals surface area contributed by atoms with Crippen molar-refractivity contribution in [2.24, 2.45) is 11.8 Å². The van der Waals surface area contributed by atoms with Gasteiger partial charge in [0.1, 0.15) is 0 Å². The molecule has 1 aromatic carbocycles. The molecular weight excluding hydrogens is 342 g/mol. The third kappa shape index (κ3) is 4.74. The van der Waals surface area contributed by atoms with Crippen LogP contribution >= 0.6 is 0 Å². The van der Waals surface area contributed by atoms with E-state index in [1.807, 2.05) is 13.0 Å². The second-order valence-electron chi connectivity index (χ2n) is 7.67. The summed E-state index contributed by atoms with van der Waals surface area (Å²) in [4.78, 5) is 14.6. The highest BCUT2D eigenvalue weighted by Crippen LogP contribution is 2.37. The van der Waals surface area contributed by atoms with Crippen molar-refractivity contribution in [1.82, 2.24) is 5.32 Å². The van der Waals surface area contributed by atoms with Crippen LogP contribution < -0.4 is 16.0 Å². The molecule has 1 aromatic rings. The molecule has 0 spiro atoms. The van der Waals surface area contributed by atoms with Crippen LogP contribution in [-0.4, -0.2) is 52.5 Å². The molecule has 0 saturated carbocycles. The summed E-state index contributed by atoms with van der Waals surface area (Å²) in [5.74, 6) is 0.849. The number of nitrogens with zero attached hydrogens (tertiary/aromatic N) is 1. The molecule has 0 bridgehead atoms. The molecule has 2 aliphatic heterocycles. The van der Waals surface area contributed by atoms with Crippen LogP contribution in [0.3, 0.4) is 0 Å². The highest BCUT2D eigenvalue weighted by Gasteiger charge is 2.32. The van der Waals surface area contributed by atoms with Gasteiger partial charge in [-0.15, -0.1) is 0 Å². The lowest BCUT2D eigenvalue weighted by molar-refractivity contribution is -0.148. The molecule has 1 unspecified atom stereocenters. The molecule has 2 aliphatic rings. The number of hydrogen-bond donors (Lipinski definition) is 2. The van der Waals surface area contributed by atoms with E-state index in [-0.39, 0.29) is 11.9 Å². The lowest BCUT2D eigenvalue weighted by Crippen LogP contribution is -2.28. The number of carbonyl (C=O) groups is 1. The zero-order valence-corrected chi connectivity index (χ0v) is 16.6. The number of ether oxygens (including phenoxy) is 2. The number of benzene rings is 1. The van der Waals surface area contributed by atoms with Crippen molar-refractivity contribution >= 4 is 17.3 Å². The second-order valence-corrected chi connectivity index (χ2v) is 7.67. The van der Waals surface area contributed by atoms with E-state index in [2.05, 4.69) is 22.3 Å². The fourth-order valence-electron chi connectivity index (χ4n) is 4.47. The van der Waals surface area contributed by atoms with Crippen molar-refractivity contribution in [1.29, 1.82) is 0 Å². The predicted molar refractivity (Wildman–Crippen MR) is 108 cm³/mol. The Kier molecular flexibility index (Phi) is 6.96. The number of nitrogens with two attached hydrogens (primary N) is 1. The van der Waals surface area contributed by atoms with Gasteiger partial charge >= 0.3 is 5.97 Å². The zero-order chi connectivity index (χ0) is 19.2. The molecule has 3 rings (SSSR count). The molecule has 0 amide bonds. The summed E-state index contributed by atoms with van der Waals surface area (Å²) in [6.07, 6.45) is 2.71. The number of rotatable bonds is 6. The van der Waals surface area contributed by atoms with Gasteiger partial charge in [0, 0.05) is 56.5 Å². The molecule has 2 fully saturated rings. The number of esters is 1. The Bertz CT molecular complexity index is 637. The normalized spacial score (nSPS) is 26.0. The van der Waals surface area contributed by atoms with Crippen molar-refractivity contribution in [2.45, 2.75) is 32.1 Å². The molecule has 0 aromatic heterocycles. The van der Waals surface area contributed by atoms with Crippen LogP contribution in [0.15, 0.2) is 18.2 Å². The van der Waals surface area contributed by atoms with Crippen LogP contribution in [0.5, 0.6) is 0 Å². The summed E-state index contributed by atoms with van der Waals surface area (Å²) in [5, 5.41) is 3.51. The van der Waals surface area contributed by atoms with Crippen molar-refractivity contribution in [3.05, 3.63) is 23.8 Å². The van der Waals surface area contributed by atoms with Crippen molar-refractivity contribution in [2.75, 3.05) is 57.1 Å². The molecule has 150 valence electrons. The van der Waals surface area contributed by atoms with Gasteiger partial charge in [-0.2, -0.15) is 0 Å². The minimum absolute atomic E-state index is 0.00819. The first kappa shape index (κ1) is 20.0. The molecule has 2 saturated heterocycles. The van der Waals surface area contributed by atoms with Crippen LogP contribution in [-0.2, 0) is 14.3 Å². The summed E-state index contributed by atoms with van der Waals surface area (Å²) >= 11 is 0. The first-order chi connectivity index (χ1) is 13.1. The zero-order valence-electron chi connectivity index (χ0n) is 16.6. The Balaban J connectivity index is 1.79. The molecule has 6 heteroatoms. The number of nitrogens with one attached hydrogen (secondary N) is 1. The van der Waals surface area contributed by atoms with E-state index in [0.29, 0.717) is 18.4 Å². The first-order valence-corrected chi connectivity index (χ1v) is 10.1. The fraction of sp³-hybridized carbons (Fsp3) is 0.667. The minimum atomic E-state index is -0.0488. The van der Waals surface area contributed by atoms with Gasteiger partial charge in [0.2, 0.25) is 0 Å². The minimum Gasteiger partial charge on any atom is -0.466 e. The Labute approximate surface area is 162 Å². The molecular formula is C21H33N3O3. The van der Waals surface area contributed by atoms with Crippen LogP contribution in [0.25, 0.3) is 0 Å². The van der Waals surface area contributed by atoms with Gasteiger partial charge in [-0.25, -0.2) is 0 Å². The highest BCUT2D eigenvalue weighted by atomic mass is 16.5. The average molecular weight is 376 g/mol. The maximum Gasteiger partial charge on any atom is 0.308 e. The number of nitrogen functional groups attached to an aromatic ring is 1. The van der Waals surface area contributed by atoms with E-state index in [4.69, 9.17) is 15.2 Å². The van der Waals surface area contributed by atoms with Crippen molar-refractivity contribution < 1.29 is 14.3 Å². The van der Waals surface area contributed by atoms with Crippen LogP contribution in [0.1, 0.15) is 37.7 Å². The smallest absolute Gasteiger partial charge is 0.308 e. The van der Waals surface area contributed by atoms with Gasteiger partial charge < -0.3 is 25.4 Å². The Morgan fingerprint density at radius 3 is 2.93 bits per heavy atom. The Morgan fingerprint density at radius 2 is 2.15 bits per heavy atom. The fourth-order valence-corrected chi connectivity index (χ4v) is 4.47. The van der Waals surface area contributed by atoms with E-state index in [9.17, 15) is 4.79 Å². The maximum absolute atomic E-state index is 12.2. The van der Waals surface area contributed by atoms with Gasteiger partial charge in [-0.3, -0.25) is 4.79 Å². The monoisotopic (exact) mass is 375 g/mol. The summed E-state index contributed by atoms with van der Waals surface area (Å²) in [6, 6.07) is 6.28. The summed E-state index contributed by atoms with van der Waals surface area (Å²) in [7, 11) is 1.77. The molecule has 0 radical (unpaired) electrons. The van der Waals surface area contributed by atoms with E-state index >= 15 is 0 Å².